The number of hydrogen-bond acceptors (Lipinski definition) is 6. The molecule has 0 saturated heterocycles. The molecule has 0 aliphatic heterocycles. The summed E-state index contributed by atoms with van der Waals surface area (Å²) in [6, 6.07) is 10.1. The zero-order valence-electron chi connectivity index (χ0n) is 19.4. The zero-order valence-corrected chi connectivity index (χ0v) is 19.4. The van der Waals surface area contributed by atoms with E-state index in [1.807, 2.05) is 24.3 Å². The monoisotopic (exact) mass is 495 g/mol. The van der Waals surface area contributed by atoms with Crippen molar-refractivity contribution >= 4 is 34.6 Å². The maximum absolute atomic E-state index is 13.1. The minimum atomic E-state index is -1.36. The molecule has 9 N–H and O–H groups in total. The van der Waals surface area contributed by atoms with Crippen molar-refractivity contribution in [3.05, 3.63) is 65.9 Å². The number of aromatic nitrogens is 1. The molecule has 11 nitrogen and oxygen atoms in total. The number of carboxylic acids is 1. The van der Waals surface area contributed by atoms with Crippen molar-refractivity contribution in [1.82, 2.24) is 15.6 Å². The van der Waals surface area contributed by atoms with E-state index in [0.29, 0.717) is 5.56 Å². The number of carbonyl (C=O) groups is 4. The van der Waals surface area contributed by atoms with Crippen molar-refractivity contribution in [2.24, 2.45) is 11.5 Å². The Hall–Kier alpha value is -4.38. The number of nitrogens with two attached hydrogens (primary N) is 2. The fourth-order valence-corrected chi connectivity index (χ4v) is 3.80. The van der Waals surface area contributed by atoms with Crippen LogP contribution in [0, 0.1) is 0 Å². The van der Waals surface area contributed by atoms with Gasteiger partial charge in [0.15, 0.2) is 0 Å². The quantitative estimate of drug-likeness (QED) is 0.187. The lowest BCUT2D eigenvalue weighted by Gasteiger charge is -2.23. The number of fused-ring (bicyclic) bond motifs is 1. The molecule has 11 heteroatoms. The highest BCUT2D eigenvalue weighted by molar-refractivity contribution is 5.93. The molecule has 190 valence electrons. The van der Waals surface area contributed by atoms with Crippen molar-refractivity contribution in [3.63, 3.8) is 0 Å². The highest BCUT2D eigenvalue weighted by Gasteiger charge is 2.29. The molecule has 1 aromatic heterocycles. The number of phenolic OH excluding ortho intramolecular Hbond substituents is 1. The van der Waals surface area contributed by atoms with Gasteiger partial charge in [0.05, 0.1) is 6.04 Å². The van der Waals surface area contributed by atoms with Gasteiger partial charge in [0.1, 0.15) is 17.8 Å². The van der Waals surface area contributed by atoms with E-state index in [1.165, 1.54) is 12.1 Å². The van der Waals surface area contributed by atoms with Crippen molar-refractivity contribution in [1.29, 1.82) is 0 Å². The zero-order chi connectivity index (χ0) is 26.2. The third-order valence-corrected chi connectivity index (χ3v) is 5.75. The molecule has 36 heavy (non-hydrogen) atoms. The minimum Gasteiger partial charge on any atom is -0.508 e. The second-order valence-corrected chi connectivity index (χ2v) is 8.51. The van der Waals surface area contributed by atoms with Gasteiger partial charge < -0.3 is 37.3 Å². The van der Waals surface area contributed by atoms with Crippen molar-refractivity contribution in [2.45, 2.75) is 43.8 Å². The molecule has 0 saturated carbocycles. The SMILES string of the molecule is NC(=O)CCC(NC(=O)C(Cc1c[nH]c2ccccc12)NC(=O)C(N)Cc1ccc(O)cc1)C(=O)O. The van der Waals surface area contributed by atoms with Gasteiger partial charge in [-0.05, 0) is 42.2 Å². The molecule has 3 aromatic rings. The molecule has 0 fully saturated rings. The average Bonchev–Trinajstić information content (AvgIpc) is 3.25. The first-order valence-corrected chi connectivity index (χ1v) is 11.3. The number of hydrogen-bond donors (Lipinski definition) is 7. The Morgan fingerprint density at radius 1 is 0.917 bits per heavy atom. The van der Waals surface area contributed by atoms with E-state index in [0.717, 1.165) is 16.5 Å². The van der Waals surface area contributed by atoms with Gasteiger partial charge in [-0.15, -0.1) is 0 Å². The normalized spacial score (nSPS) is 13.5. The summed E-state index contributed by atoms with van der Waals surface area (Å²) >= 11 is 0. The van der Waals surface area contributed by atoms with Crippen LogP contribution in [-0.4, -0.2) is 57.0 Å². The molecule has 3 atom stereocenters. The van der Waals surface area contributed by atoms with Crippen LogP contribution >= 0.6 is 0 Å². The summed E-state index contributed by atoms with van der Waals surface area (Å²) < 4.78 is 0. The summed E-state index contributed by atoms with van der Waals surface area (Å²) in [6.45, 7) is 0. The van der Waals surface area contributed by atoms with Crippen LogP contribution in [0.3, 0.4) is 0 Å². The highest BCUT2D eigenvalue weighted by atomic mass is 16.4. The maximum Gasteiger partial charge on any atom is 0.326 e. The number of aromatic hydroxyl groups is 1. The number of amides is 3. The molecule has 2 aromatic carbocycles. The van der Waals surface area contributed by atoms with E-state index >= 15 is 0 Å². The van der Waals surface area contributed by atoms with Crippen molar-refractivity contribution < 1.29 is 29.4 Å². The highest BCUT2D eigenvalue weighted by Crippen LogP contribution is 2.19. The van der Waals surface area contributed by atoms with Crippen LogP contribution in [0.1, 0.15) is 24.0 Å². The van der Waals surface area contributed by atoms with Crippen LogP contribution in [-0.2, 0) is 32.0 Å². The summed E-state index contributed by atoms with van der Waals surface area (Å²) in [7, 11) is 0. The molecule has 0 aliphatic rings. The van der Waals surface area contributed by atoms with Crippen LogP contribution < -0.4 is 22.1 Å². The Balaban J connectivity index is 1.78. The molecule has 0 bridgehead atoms. The molecular formula is C25H29N5O6. The van der Waals surface area contributed by atoms with E-state index in [4.69, 9.17) is 11.5 Å². The maximum atomic E-state index is 13.1. The molecule has 1 heterocycles. The molecular weight excluding hydrogens is 466 g/mol. The van der Waals surface area contributed by atoms with Gasteiger partial charge in [-0.3, -0.25) is 14.4 Å². The Morgan fingerprint density at radius 2 is 1.58 bits per heavy atom. The Kier molecular flexibility index (Phi) is 8.63. The number of aliphatic carboxylic acids is 1. The number of rotatable bonds is 12. The fraction of sp³-hybridized carbons (Fsp3) is 0.280. The number of carbonyl (C=O) groups excluding carboxylic acids is 3. The Bertz CT molecular complexity index is 1240. The topological polar surface area (TPSA) is 201 Å². The van der Waals surface area contributed by atoms with Crippen molar-refractivity contribution in [3.8, 4) is 5.75 Å². The first-order valence-electron chi connectivity index (χ1n) is 11.3. The van der Waals surface area contributed by atoms with Crippen LogP contribution in [0.4, 0.5) is 0 Å². The summed E-state index contributed by atoms with van der Waals surface area (Å²) in [6.07, 6.45) is 1.52. The summed E-state index contributed by atoms with van der Waals surface area (Å²) in [5, 5.41) is 24.8. The lowest BCUT2D eigenvalue weighted by molar-refractivity contribution is -0.142. The number of benzene rings is 2. The molecule has 3 rings (SSSR count). The number of aromatic amines is 1. The first kappa shape index (κ1) is 26.2. The lowest BCUT2D eigenvalue weighted by Crippen LogP contribution is -2.55. The third kappa shape index (κ3) is 7.06. The molecule has 3 amide bonds. The minimum absolute atomic E-state index is 0.0652. The number of primary amides is 1. The van der Waals surface area contributed by atoms with Crippen LogP contribution in [0.2, 0.25) is 0 Å². The molecule has 3 unspecified atom stereocenters. The third-order valence-electron chi connectivity index (χ3n) is 5.75. The summed E-state index contributed by atoms with van der Waals surface area (Å²) in [4.78, 5) is 51.9. The first-order chi connectivity index (χ1) is 17.1. The second-order valence-electron chi connectivity index (χ2n) is 8.51. The molecule has 0 spiro atoms. The number of para-hydroxylation sites is 1. The predicted molar refractivity (Wildman–Crippen MR) is 132 cm³/mol. The van der Waals surface area contributed by atoms with Gasteiger partial charge in [-0.1, -0.05) is 30.3 Å². The van der Waals surface area contributed by atoms with Crippen molar-refractivity contribution in [2.75, 3.05) is 0 Å². The Morgan fingerprint density at radius 3 is 2.25 bits per heavy atom. The van der Waals surface area contributed by atoms with Gasteiger partial charge in [0.25, 0.3) is 0 Å². The average molecular weight is 496 g/mol. The Labute approximate surface area is 206 Å². The summed E-state index contributed by atoms with van der Waals surface area (Å²) in [5.74, 6) is -3.28. The molecule has 0 aliphatic carbocycles. The molecule has 0 radical (unpaired) electrons. The number of carboxylic acid groups (broad SMARTS) is 1. The largest absolute Gasteiger partial charge is 0.508 e. The van der Waals surface area contributed by atoms with Crippen LogP contribution in [0.25, 0.3) is 10.9 Å². The van der Waals surface area contributed by atoms with E-state index in [-0.39, 0.29) is 31.4 Å². The number of H-pyrrole nitrogens is 1. The van der Waals surface area contributed by atoms with Gasteiger partial charge in [-0.2, -0.15) is 0 Å². The van der Waals surface area contributed by atoms with Crippen LogP contribution in [0.15, 0.2) is 54.7 Å². The van der Waals surface area contributed by atoms with E-state index in [2.05, 4.69) is 15.6 Å². The predicted octanol–water partition coefficient (Wildman–Crippen LogP) is 0.306. The van der Waals surface area contributed by atoms with Gasteiger partial charge in [0.2, 0.25) is 17.7 Å². The van der Waals surface area contributed by atoms with E-state index in [9.17, 15) is 29.4 Å². The van der Waals surface area contributed by atoms with Gasteiger partial charge in [-0.25, -0.2) is 4.79 Å². The number of nitrogens with one attached hydrogen (secondary N) is 3. The van der Waals surface area contributed by atoms with E-state index in [1.54, 1.807) is 18.3 Å². The van der Waals surface area contributed by atoms with Gasteiger partial charge in [0, 0.05) is 29.9 Å². The summed E-state index contributed by atoms with van der Waals surface area (Å²) in [5.41, 5.74) is 13.5. The van der Waals surface area contributed by atoms with Gasteiger partial charge >= 0.3 is 5.97 Å². The second kappa shape index (κ2) is 11.8. The van der Waals surface area contributed by atoms with Crippen LogP contribution in [0.5, 0.6) is 5.75 Å². The lowest BCUT2D eigenvalue weighted by atomic mass is 10.0. The smallest absolute Gasteiger partial charge is 0.326 e. The standard InChI is InChI=1S/C25H29N5O6/c26-18(11-14-5-7-16(31)8-6-14)23(33)30-21(12-15-13-28-19-4-2-1-3-17(15)19)24(34)29-20(25(35)36)9-10-22(27)32/h1-8,13,18,20-21,28,31H,9-12,26H2,(H2,27,32)(H,29,34)(H,30,33)(H,35,36). The number of phenols is 1. The fourth-order valence-electron chi connectivity index (χ4n) is 3.80. The van der Waals surface area contributed by atoms with E-state index < -0.39 is 41.8 Å².